The lowest BCUT2D eigenvalue weighted by atomic mass is 9.48. The molecule has 1 aliphatic rings. The van der Waals surface area contributed by atoms with E-state index in [-0.39, 0.29) is 16.9 Å². The molecule has 1 fully saturated rings. The summed E-state index contributed by atoms with van der Waals surface area (Å²) in [6, 6.07) is 4.40. The molecule has 1 aromatic carbocycles. The highest BCUT2D eigenvalue weighted by molar-refractivity contribution is 6.17. The molecule has 1 atom stereocenters. The molecule has 2 radical (unpaired) electrons. The number of nitrogens with zero attached hydrogens (tertiary/aromatic N) is 2. The first-order valence-electron chi connectivity index (χ1n) is 11.0. The molecule has 0 spiro atoms. The fourth-order valence-electron chi connectivity index (χ4n) is 5.70. The van der Waals surface area contributed by atoms with Gasteiger partial charge in [0.15, 0.2) is 0 Å². The molecule has 1 aromatic rings. The van der Waals surface area contributed by atoms with Crippen molar-refractivity contribution in [3.8, 4) is 11.8 Å². The summed E-state index contributed by atoms with van der Waals surface area (Å²) in [5.74, 6) is -0.0176. The fraction of sp³-hybridized carbons (Fsp3) is 0.462. The molecule has 1 N–H and O–H groups in total. The van der Waals surface area contributed by atoms with Crippen molar-refractivity contribution < 1.29 is 27.8 Å². The average molecular weight is 486 g/mol. The smallest absolute Gasteiger partial charge is 0.417 e. The van der Waals surface area contributed by atoms with E-state index in [4.69, 9.17) is 17.8 Å². The number of hydrogen-bond donors (Lipinski definition) is 1. The second-order valence-electron chi connectivity index (χ2n) is 9.88. The van der Waals surface area contributed by atoms with Gasteiger partial charge < -0.3 is 9.84 Å². The zero-order chi connectivity index (χ0) is 27.0. The summed E-state index contributed by atoms with van der Waals surface area (Å²) in [5, 5.41) is 20.4. The minimum absolute atomic E-state index is 0.0176. The predicted octanol–water partition coefficient (Wildman–Crippen LogP) is 4.76. The first-order chi connectivity index (χ1) is 16.0. The largest absolute Gasteiger partial charge is 0.489 e. The molecule has 2 rings (SSSR count). The second kappa shape index (κ2) is 9.67. The van der Waals surface area contributed by atoms with Crippen LogP contribution in [0.2, 0.25) is 0 Å². The summed E-state index contributed by atoms with van der Waals surface area (Å²) >= 11 is 0. The van der Waals surface area contributed by atoms with Crippen LogP contribution in [-0.2, 0) is 11.0 Å². The molecule has 0 saturated heterocycles. The second-order valence-corrected chi connectivity index (χ2v) is 9.88. The van der Waals surface area contributed by atoms with Gasteiger partial charge in [-0.05, 0) is 37.7 Å². The molecule has 9 heteroatoms. The van der Waals surface area contributed by atoms with Gasteiger partial charge in [-0.3, -0.25) is 9.69 Å². The number of carbonyl (C=O) groups is 1. The van der Waals surface area contributed by atoms with E-state index in [9.17, 15) is 23.1 Å². The van der Waals surface area contributed by atoms with E-state index in [0.29, 0.717) is 6.29 Å². The maximum Gasteiger partial charge on any atom is 0.417 e. The number of allylic oxidation sites excluding steroid dienone is 3. The highest BCUT2D eigenvalue weighted by atomic mass is 19.4. The topological polar surface area (TPSA) is 73.6 Å². The molecular formula is C26H30BF3N2O3. The fourth-order valence-corrected chi connectivity index (χ4v) is 5.70. The Hall–Kier alpha value is -2.83. The van der Waals surface area contributed by atoms with Crippen LogP contribution in [0.15, 0.2) is 54.2 Å². The van der Waals surface area contributed by atoms with Crippen LogP contribution in [0, 0.1) is 22.2 Å². The summed E-state index contributed by atoms with van der Waals surface area (Å²) < 4.78 is 46.3. The molecule has 0 aromatic heterocycles. The molecule has 0 bridgehead atoms. The standard InChI is InChI=1S/C26H30BF3N2O3/c1-8-10-19(16(9-2)15-33)25(27,34)32(7)21-23(3,4)22(24(21,5)6)35-18-12-11-17(14-31)20(13-18)26(28,29)30/h8-13,15,21-22,34H,1H2,2-7H3/b16-9-,19-10+. The lowest BCUT2D eigenvalue weighted by molar-refractivity contribution is -0.231. The van der Waals surface area contributed by atoms with Crippen molar-refractivity contribution in [2.24, 2.45) is 10.8 Å². The van der Waals surface area contributed by atoms with Gasteiger partial charge in [0.25, 0.3) is 0 Å². The van der Waals surface area contributed by atoms with Crippen LogP contribution in [0.25, 0.3) is 0 Å². The van der Waals surface area contributed by atoms with Crippen LogP contribution in [0.3, 0.4) is 0 Å². The summed E-state index contributed by atoms with van der Waals surface area (Å²) in [5.41, 5.74) is -4.63. The van der Waals surface area contributed by atoms with E-state index in [0.717, 1.165) is 12.1 Å². The van der Waals surface area contributed by atoms with Crippen molar-refractivity contribution in [3.63, 3.8) is 0 Å². The third-order valence-corrected chi connectivity index (χ3v) is 6.79. The molecule has 5 nitrogen and oxygen atoms in total. The lowest BCUT2D eigenvalue weighted by Crippen LogP contribution is -2.77. The van der Waals surface area contributed by atoms with Crippen molar-refractivity contribution in [1.29, 1.82) is 5.26 Å². The summed E-state index contributed by atoms with van der Waals surface area (Å²) in [7, 11) is 7.98. The highest BCUT2D eigenvalue weighted by Gasteiger charge is 2.66. The van der Waals surface area contributed by atoms with Gasteiger partial charge in [-0.2, -0.15) is 18.4 Å². The third kappa shape index (κ3) is 4.96. The van der Waals surface area contributed by atoms with Crippen LogP contribution >= 0.6 is 0 Å². The van der Waals surface area contributed by atoms with Crippen molar-refractivity contribution >= 4 is 14.1 Å². The summed E-state index contributed by atoms with van der Waals surface area (Å²) in [4.78, 5) is 13.1. The maximum absolute atomic E-state index is 13.4. The Labute approximate surface area is 206 Å². The van der Waals surface area contributed by atoms with E-state index < -0.39 is 45.9 Å². The van der Waals surface area contributed by atoms with Gasteiger partial charge >= 0.3 is 6.18 Å². The SMILES string of the molecule is [B]C(O)(C(=C/C=C)/C(C=O)=C\C)N(C)C1C(C)(C)C(Oc2ccc(C#N)c(C(F)(F)F)c2)C1(C)C. The Balaban J connectivity index is 2.44. The number of rotatable bonds is 8. The van der Waals surface area contributed by atoms with Crippen LogP contribution < -0.4 is 4.74 Å². The van der Waals surface area contributed by atoms with Gasteiger partial charge in [-0.15, -0.1) is 0 Å². The number of alkyl halides is 3. The van der Waals surface area contributed by atoms with E-state index >= 15 is 0 Å². The quantitative estimate of drug-likeness (QED) is 0.189. The van der Waals surface area contributed by atoms with Gasteiger partial charge in [-0.1, -0.05) is 52.5 Å². The zero-order valence-corrected chi connectivity index (χ0v) is 20.8. The average Bonchev–Trinajstić information content (AvgIpc) is 2.76. The number of nitriles is 1. The number of aliphatic hydroxyl groups is 1. The Morgan fingerprint density at radius 2 is 1.86 bits per heavy atom. The predicted molar refractivity (Wildman–Crippen MR) is 128 cm³/mol. The van der Waals surface area contributed by atoms with Crippen molar-refractivity contribution in [2.75, 3.05) is 7.05 Å². The van der Waals surface area contributed by atoms with Crippen molar-refractivity contribution in [3.05, 3.63) is 65.3 Å². The van der Waals surface area contributed by atoms with E-state index in [1.54, 1.807) is 20.0 Å². The number of carbonyl (C=O) groups excluding carboxylic acids is 1. The normalized spacial score (nSPS) is 23.6. The first kappa shape index (κ1) is 28.4. The monoisotopic (exact) mass is 486 g/mol. The Bertz CT molecular complexity index is 1080. The Kier molecular flexibility index (Phi) is 7.85. The molecule has 1 unspecified atom stereocenters. The summed E-state index contributed by atoms with van der Waals surface area (Å²) in [6.07, 6.45) is -0.271. The van der Waals surface area contributed by atoms with E-state index in [1.165, 1.54) is 29.2 Å². The van der Waals surface area contributed by atoms with Crippen LogP contribution in [0.1, 0.15) is 45.7 Å². The third-order valence-electron chi connectivity index (χ3n) is 6.79. The number of ether oxygens (including phenoxy) is 1. The van der Waals surface area contributed by atoms with E-state index in [2.05, 4.69) is 6.58 Å². The molecule has 0 aliphatic heterocycles. The number of hydrogen-bond acceptors (Lipinski definition) is 5. The Morgan fingerprint density at radius 1 is 1.29 bits per heavy atom. The van der Waals surface area contributed by atoms with Gasteiger partial charge in [-0.25, -0.2) is 0 Å². The number of aldehydes is 1. The molecular weight excluding hydrogens is 456 g/mol. The first-order valence-corrected chi connectivity index (χ1v) is 11.0. The van der Waals surface area contributed by atoms with E-state index in [1.807, 2.05) is 27.7 Å². The Morgan fingerprint density at radius 3 is 2.29 bits per heavy atom. The zero-order valence-electron chi connectivity index (χ0n) is 20.8. The summed E-state index contributed by atoms with van der Waals surface area (Å²) in [6.45, 7) is 12.7. The van der Waals surface area contributed by atoms with Crippen LogP contribution in [0.4, 0.5) is 13.2 Å². The van der Waals surface area contributed by atoms with Crippen molar-refractivity contribution in [2.45, 2.75) is 58.6 Å². The molecule has 35 heavy (non-hydrogen) atoms. The molecule has 0 amide bonds. The molecule has 0 heterocycles. The molecule has 1 aliphatic carbocycles. The highest BCUT2D eigenvalue weighted by Crippen LogP contribution is 2.59. The van der Waals surface area contributed by atoms with Gasteiger partial charge in [0, 0.05) is 22.4 Å². The lowest BCUT2D eigenvalue weighted by Gasteiger charge is -2.67. The maximum atomic E-state index is 13.4. The van der Waals surface area contributed by atoms with Gasteiger partial charge in [0.05, 0.1) is 22.8 Å². The molecule has 186 valence electrons. The minimum Gasteiger partial charge on any atom is -0.489 e. The van der Waals surface area contributed by atoms with Gasteiger partial charge in [0.2, 0.25) is 0 Å². The van der Waals surface area contributed by atoms with Gasteiger partial charge in [0.1, 0.15) is 26.0 Å². The van der Waals surface area contributed by atoms with Crippen LogP contribution in [-0.4, -0.2) is 49.0 Å². The number of halogens is 3. The molecule has 1 saturated carbocycles. The number of benzene rings is 1. The van der Waals surface area contributed by atoms with Crippen molar-refractivity contribution in [1.82, 2.24) is 4.90 Å². The number of likely N-dealkylation sites (N-methyl/N-ethyl adjacent to an activating group) is 1. The minimum atomic E-state index is -4.70. The van der Waals surface area contributed by atoms with Crippen LogP contribution in [0.5, 0.6) is 5.75 Å².